The zero-order chi connectivity index (χ0) is 14.9. The summed E-state index contributed by atoms with van der Waals surface area (Å²) in [6.07, 6.45) is 0.895. The Bertz CT molecular complexity index is 614. The Balaban J connectivity index is 2.51. The van der Waals surface area contributed by atoms with Gasteiger partial charge in [0.2, 0.25) is 0 Å². The number of hydrogen-bond acceptors (Lipinski definition) is 2. The smallest absolute Gasteiger partial charge is 0.131 e. The summed E-state index contributed by atoms with van der Waals surface area (Å²) in [4.78, 5) is 4.74. The Morgan fingerprint density at radius 1 is 1.35 bits per heavy atom. The standard InChI is InChI=1S/C16H22BrN3/c1-5-14-19-15(16(18)20(14)9-10(2)3)12-6-7-13(17)11(4)8-12/h6-8,10H,5,9,18H2,1-4H3. The quantitative estimate of drug-likeness (QED) is 0.898. The van der Waals surface area contributed by atoms with Crippen LogP contribution in [0.3, 0.4) is 0 Å². The van der Waals surface area contributed by atoms with E-state index < -0.39 is 0 Å². The van der Waals surface area contributed by atoms with E-state index in [1.54, 1.807) is 0 Å². The first-order valence-corrected chi connectivity index (χ1v) is 7.84. The van der Waals surface area contributed by atoms with Crippen LogP contribution >= 0.6 is 15.9 Å². The molecule has 0 saturated heterocycles. The van der Waals surface area contributed by atoms with Crippen molar-refractivity contribution in [2.75, 3.05) is 5.73 Å². The Hall–Kier alpha value is -1.29. The number of nitrogens with zero attached hydrogens (tertiary/aromatic N) is 2. The lowest BCUT2D eigenvalue weighted by molar-refractivity contribution is 0.513. The number of aromatic nitrogens is 2. The summed E-state index contributed by atoms with van der Waals surface area (Å²) in [6.45, 7) is 9.51. The average Bonchev–Trinajstić information content (AvgIpc) is 2.70. The SMILES string of the molecule is CCc1nc(-c2ccc(Br)c(C)c2)c(N)n1CC(C)C. The minimum atomic E-state index is 0.552. The molecule has 0 amide bonds. The van der Waals surface area contributed by atoms with Crippen molar-refractivity contribution >= 4 is 21.7 Å². The van der Waals surface area contributed by atoms with Gasteiger partial charge in [-0.25, -0.2) is 4.98 Å². The summed E-state index contributed by atoms with van der Waals surface area (Å²) in [6, 6.07) is 6.24. The molecule has 20 heavy (non-hydrogen) atoms. The third-order valence-electron chi connectivity index (χ3n) is 3.38. The van der Waals surface area contributed by atoms with Crippen LogP contribution in [-0.4, -0.2) is 9.55 Å². The van der Waals surface area contributed by atoms with E-state index in [0.29, 0.717) is 5.92 Å². The van der Waals surface area contributed by atoms with E-state index in [0.717, 1.165) is 40.3 Å². The Labute approximate surface area is 129 Å². The van der Waals surface area contributed by atoms with Gasteiger partial charge in [0.15, 0.2) is 0 Å². The molecule has 108 valence electrons. The first kappa shape index (κ1) is 15.1. The molecular formula is C16H22BrN3. The van der Waals surface area contributed by atoms with Gasteiger partial charge in [-0.05, 0) is 30.5 Å². The van der Waals surface area contributed by atoms with E-state index in [9.17, 15) is 0 Å². The van der Waals surface area contributed by atoms with Crippen molar-refractivity contribution in [2.24, 2.45) is 5.92 Å². The van der Waals surface area contributed by atoms with Crippen LogP contribution in [0, 0.1) is 12.8 Å². The van der Waals surface area contributed by atoms with Crippen molar-refractivity contribution in [3.05, 3.63) is 34.1 Å². The number of nitrogen functional groups attached to an aromatic ring is 1. The number of hydrogen-bond donors (Lipinski definition) is 1. The largest absolute Gasteiger partial charge is 0.383 e. The number of aryl methyl sites for hydroxylation is 2. The lowest BCUT2D eigenvalue weighted by atomic mass is 10.1. The molecule has 2 rings (SSSR count). The predicted molar refractivity (Wildman–Crippen MR) is 88.7 cm³/mol. The van der Waals surface area contributed by atoms with Gasteiger partial charge >= 0.3 is 0 Å². The molecule has 0 aliphatic rings. The van der Waals surface area contributed by atoms with Crippen molar-refractivity contribution in [1.82, 2.24) is 9.55 Å². The van der Waals surface area contributed by atoms with E-state index in [2.05, 4.69) is 66.4 Å². The molecule has 0 spiro atoms. The van der Waals surface area contributed by atoms with Gasteiger partial charge in [0.1, 0.15) is 17.3 Å². The number of anilines is 1. The average molecular weight is 336 g/mol. The molecule has 1 heterocycles. The second-order valence-electron chi connectivity index (χ2n) is 5.58. The third-order valence-corrected chi connectivity index (χ3v) is 4.27. The van der Waals surface area contributed by atoms with Crippen LogP contribution in [0.2, 0.25) is 0 Å². The number of halogens is 1. The van der Waals surface area contributed by atoms with Crippen LogP contribution in [0.1, 0.15) is 32.2 Å². The van der Waals surface area contributed by atoms with E-state index in [1.165, 1.54) is 5.56 Å². The molecule has 0 fully saturated rings. The Morgan fingerprint density at radius 2 is 2.05 bits per heavy atom. The molecule has 2 N–H and O–H groups in total. The second kappa shape index (κ2) is 6.00. The maximum Gasteiger partial charge on any atom is 0.131 e. The first-order chi connectivity index (χ1) is 9.43. The van der Waals surface area contributed by atoms with E-state index in [1.807, 2.05) is 0 Å². The fourth-order valence-corrected chi connectivity index (χ4v) is 2.60. The highest BCUT2D eigenvalue weighted by Gasteiger charge is 2.16. The Morgan fingerprint density at radius 3 is 2.60 bits per heavy atom. The van der Waals surface area contributed by atoms with E-state index in [4.69, 9.17) is 10.7 Å². The normalized spacial score (nSPS) is 11.3. The molecule has 0 aliphatic heterocycles. The van der Waals surface area contributed by atoms with Gasteiger partial charge in [-0.3, -0.25) is 0 Å². The molecule has 0 bridgehead atoms. The van der Waals surface area contributed by atoms with E-state index >= 15 is 0 Å². The minimum absolute atomic E-state index is 0.552. The number of nitrogens with two attached hydrogens (primary N) is 1. The molecule has 0 aliphatic carbocycles. The fraction of sp³-hybridized carbons (Fsp3) is 0.438. The number of benzene rings is 1. The van der Waals surface area contributed by atoms with Crippen LogP contribution < -0.4 is 5.73 Å². The maximum absolute atomic E-state index is 6.34. The highest BCUT2D eigenvalue weighted by atomic mass is 79.9. The van der Waals surface area contributed by atoms with Gasteiger partial charge in [-0.2, -0.15) is 0 Å². The van der Waals surface area contributed by atoms with Gasteiger partial charge in [0.25, 0.3) is 0 Å². The lowest BCUT2D eigenvalue weighted by Gasteiger charge is -2.11. The van der Waals surface area contributed by atoms with Crippen LogP contribution in [0.15, 0.2) is 22.7 Å². The van der Waals surface area contributed by atoms with Gasteiger partial charge in [-0.1, -0.05) is 42.8 Å². The molecule has 2 aromatic rings. The predicted octanol–water partition coefficient (Wildman–Crippen LogP) is 4.42. The fourth-order valence-electron chi connectivity index (χ4n) is 2.36. The highest BCUT2D eigenvalue weighted by Crippen LogP contribution is 2.30. The van der Waals surface area contributed by atoms with Gasteiger partial charge in [-0.15, -0.1) is 0 Å². The van der Waals surface area contributed by atoms with Gasteiger partial charge in [0, 0.05) is 23.0 Å². The van der Waals surface area contributed by atoms with Crippen LogP contribution in [-0.2, 0) is 13.0 Å². The number of imidazole rings is 1. The summed E-state index contributed by atoms with van der Waals surface area (Å²) in [5.41, 5.74) is 9.51. The van der Waals surface area contributed by atoms with Crippen molar-refractivity contribution in [3.8, 4) is 11.3 Å². The van der Waals surface area contributed by atoms with Crippen molar-refractivity contribution in [3.63, 3.8) is 0 Å². The molecule has 3 nitrogen and oxygen atoms in total. The second-order valence-corrected chi connectivity index (χ2v) is 6.44. The van der Waals surface area contributed by atoms with Gasteiger partial charge in [0.05, 0.1) is 0 Å². The summed E-state index contributed by atoms with van der Waals surface area (Å²) in [5, 5.41) is 0. The van der Waals surface area contributed by atoms with Crippen molar-refractivity contribution in [2.45, 2.75) is 40.7 Å². The summed E-state index contributed by atoms with van der Waals surface area (Å²) in [7, 11) is 0. The minimum Gasteiger partial charge on any atom is -0.383 e. The molecule has 0 atom stereocenters. The zero-order valence-electron chi connectivity index (χ0n) is 12.6. The summed E-state index contributed by atoms with van der Waals surface area (Å²) < 4.78 is 3.26. The Kier molecular flexibility index (Phi) is 4.53. The van der Waals surface area contributed by atoms with Crippen LogP contribution in [0.25, 0.3) is 11.3 Å². The first-order valence-electron chi connectivity index (χ1n) is 7.05. The lowest BCUT2D eigenvalue weighted by Crippen LogP contribution is -2.10. The number of rotatable bonds is 4. The van der Waals surface area contributed by atoms with Crippen molar-refractivity contribution < 1.29 is 0 Å². The molecule has 0 radical (unpaired) electrons. The summed E-state index contributed by atoms with van der Waals surface area (Å²) in [5.74, 6) is 2.39. The molecular weight excluding hydrogens is 314 g/mol. The highest BCUT2D eigenvalue weighted by molar-refractivity contribution is 9.10. The molecule has 1 aromatic heterocycles. The van der Waals surface area contributed by atoms with Crippen LogP contribution in [0.5, 0.6) is 0 Å². The van der Waals surface area contributed by atoms with E-state index in [-0.39, 0.29) is 0 Å². The van der Waals surface area contributed by atoms with Crippen LogP contribution in [0.4, 0.5) is 5.82 Å². The zero-order valence-corrected chi connectivity index (χ0v) is 14.2. The monoisotopic (exact) mass is 335 g/mol. The van der Waals surface area contributed by atoms with Gasteiger partial charge < -0.3 is 10.3 Å². The third kappa shape index (κ3) is 2.90. The maximum atomic E-state index is 6.34. The molecule has 0 saturated carbocycles. The molecule has 1 aromatic carbocycles. The molecule has 0 unspecified atom stereocenters. The van der Waals surface area contributed by atoms with Crippen molar-refractivity contribution in [1.29, 1.82) is 0 Å². The topological polar surface area (TPSA) is 43.8 Å². The molecule has 4 heteroatoms. The summed E-state index contributed by atoms with van der Waals surface area (Å²) >= 11 is 3.53.